The Morgan fingerprint density at radius 3 is 2.00 bits per heavy atom. The molecule has 0 aliphatic rings. The standard InChI is InChI=1S/C10H13.Y/c1-7-5-6-8(2)10(4)9(7)3;/h5-6H,1H2,2-4H3;/q-1;+3. The Morgan fingerprint density at radius 2 is 1.55 bits per heavy atom. The van der Waals surface area contributed by atoms with Gasteiger partial charge in [-0.2, -0.15) is 18.6 Å². The van der Waals surface area contributed by atoms with Crippen LogP contribution in [0.3, 0.4) is 0 Å². The van der Waals surface area contributed by atoms with Crippen molar-refractivity contribution in [3.8, 4) is 0 Å². The van der Waals surface area contributed by atoms with Crippen LogP contribution in [0.1, 0.15) is 22.3 Å². The van der Waals surface area contributed by atoms with Crippen molar-refractivity contribution in [1.82, 2.24) is 0 Å². The van der Waals surface area contributed by atoms with Gasteiger partial charge >= 0.3 is 32.7 Å². The van der Waals surface area contributed by atoms with Crippen LogP contribution in [0, 0.1) is 27.7 Å². The third-order valence-electron chi connectivity index (χ3n) is 2.17. The van der Waals surface area contributed by atoms with Crippen molar-refractivity contribution < 1.29 is 32.7 Å². The molecule has 1 heteroatoms. The monoisotopic (exact) mass is 222 g/mol. The van der Waals surface area contributed by atoms with Crippen molar-refractivity contribution in [3.63, 3.8) is 0 Å². The first-order chi connectivity index (χ1) is 4.63. The van der Waals surface area contributed by atoms with E-state index in [0.29, 0.717) is 0 Å². The second kappa shape index (κ2) is 4.28. The number of benzene rings is 1. The van der Waals surface area contributed by atoms with E-state index in [-0.39, 0.29) is 32.7 Å². The molecule has 0 radical (unpaired) electrons. The Balaban J connectivity index is 0.000001000. The van der Waals surface area contributed by atoms with Crippen LogP contribution < -0.4 is 0 Å². The van der Waals surface area contributed by atoms with Gasteiger partial charge in [0.15, 0.2) is 0 Å². The van der Waals surface area contributed by atoms with Crippen LogP contribution in [-0.4, -0.2) is 0 Å². The molecule has 0 N–H and O–H groups in total. The molecular weight excluding hydrogens is 209 g/mol. The first-order valence-electron chi connectivity index (χ1n) is 3.51. The second-order valence-electron chi connectivity index (χ2n) is 2.79. The van der Waals surface area contributed by atoms with E-state index in [2.05, 4.69) is 39.8 Å². The predicted octanol–water partition coefficient (Wildman–Crippen LogP) is 2.79. The zero-order chi connectivity index (χ0) is 7.72. The van der Waals surface area contributed by atoms with E-state index in [1.807, 2.05) is 0 Å². The van der Waals surface area contributed by atoms with Gasteiger partial charge in [-0.25, -0.2) is 0 Å². The summed E-state index contributed by atoms with van der Waals surface area (Å²) >= 11 is 0. The van der Waals surface area contributed by atoms with E-state index < -0.39 is 0 Å². The molecular formula is C10H13Y+2. The smallest absolute Gasteiger partial charge is 0.198 e. The molecule has 0 saturated carbocycles. The number of hydrogen-bond acceptors (Lipinski definition) is 0. The van der Waals surface area contributed by atoms with Gasteiger partial charge in [0, 0.05) is 0 Å². The van der Waals surface area contributed by atoms with E-state index in [4.69, 9.17) is 0 Å². The maximum absolute atomic E-state index is 3.92. The Hall–Kier alpha value is 0.194. The molecule has 0 bridgehead atoms. The molecule has 0 fully saturated rings. The minimum absolute atomic E-state index is 0. The third kappa shape index (κ3) is 2.32. The van der Waals surface area contributed by atoms with Crippen molar-refractivity contribution >= 4 is 0 Å². The molecule has 0 spiro atoms. The van der Waals surface area contributed by atoms with Crippen molar-refractivity contribution in [1.29, 1.82) is 0 Å². The Kier molecular flexibility index (Phi) is 4.35. The Morgan fingerprint density at radius 1 is 1.00 bits per heavy atom. The molecule has 11 heavy (non-hydrogen) atoms. The number of hydrogen-bond donors (Lipinski definition) is 0. The Bertz CT molecular complexity index is 224. The van der Waals surface area contributed by atoms with Gasteiger partial charge in [0.2, 0.25) is 0 Å². The van der Waals surface area contributed by atoms with E-state index >= 15 is 0 Å². The first-order valence-corrected chi connectivity index (χ1v) is 3.51. The van der Waals surface area contributed by atoms with Gasteiger partial charge in [0.25, 0.3) is 0 Å². The quantitative estimate of drug-likeness (QED) is 0.592. The van der Waals surface area contributed by atoms with E-state index in [1.165, 1.54) is 16.7 Å². The SMILES string of the molecule is [CH2-]c1ccc(C)c(C)c1C.[Y+3]. The van der Waals surface area contributed by atoms with Crippen LogP contribution in [0.2, 0.25) is 0 Å². The van der Waals surface area contributed by atoms with Gasteiger partial charge in [0.05, 0.1) is 0 Å². The summed E-state index contributed by atoms with van der Waals surface area (Å²) in [7, 11) is 0. The summed E-state index contributed by atoms with van der Waals surface area (Å²) in [4.78, 5) is 0. The summed E-state index contributed by atoms with van der Waals surface area (Å²) in [5, 5.41) is 0. The predicted molar refractivity (Wildman–Crippen MR) is 45.1 cm³/mol. The average Bonchev–Trinajstić information content (AvgIpc) is 1.93. The van der Waals surface area contributed by atoms with Crippen LogP contribution in [0.5, 0.6) is 0 Å². The molecule has 0 heterocycles. The maximum atomic E-state index is 3.92. The molecule has 0 unspecified atom stereocenters. The van der Waals surface area contributed by atoms with Crippen LogP contribution >= 0.6 is 0 Å². The topological polar surface area (TPSA) is 0 Å². The van der Waals surface area contributed by atoms with Gasteiger partial charge in [0.1, 0.15) is 0 Å². The molecule has 0 aromatic heterocycles. The molecule has 0 aliphatic heterocycles. The molecule has 1 rings (SSSR count). The number of aryl methyl sites for hydroxylation is 1. The molecule has 0 aliphatic carbocycles. The fourth-order valence-corrected chi connectivity index (χ4v) is 1.01. The van der Waals surface area contributed by atoms with Gasteiger partial charge in [-0.05, 0) is 6.92 Å². The molecule has 1 aromatic rings. The maximum Gasteiger partial charge on any atom is 3.00 e. The molecule has 0 amide bonds. The third-order valence-corrected chi connectivity index (χ3v) is 2.17. The van der Waals surface area contributed by atoms with E-state index in [0.717, 1.165) is 5.56 Å². The van der Waals surface area contributed by atoms with Crippen LogP contribution in [-0.2, 0) is 32.7 Å². The van der Waals surface area contributed by atoms with Gasteiger partial charge in [-0.15, -0.1) is 17.2 Å². The van der Waals surface area contributed by atoms with Gasteiger partial charge in [-0.1, -0.05) is 19.4 Å². The van der Waals surface area contributed by atoms with Crippen molar-refractivity contribution in [3.05, 3.63) is 41.3 Å². The average molecular weight is 222 g/mol. The zero-order valence-corrected chi connectivity index (χ0v) is 10.3. The van der Waals surface area contributed by atoms with E-state index in [1.54, 1.807) is 0 Å². The first kappa shape index (κ1) is 11.2. The Labute approximate surface area is 94.3 Å². The summed E-state index contributed by atoms with van der Waals surface area (Å²) in [5.41, 5.74) is 5.18. The van der Waals surface area contributed by atoms with Crippen LogP contribution in [0.4, 0.5) is 0 Å². The van der Waals surface area contributed by atoms with Crippen molar-refractivity contribution in [2.24, 2.45) is 0 Å². The fraction of sp³-hybridized carbons (Fsp3) is 0.300. The zero-order valence-electron chi connectivity index (χ0n) is 7.44. The van der Waals surface area contributed by atoms with Gasteiger partial charge in [-0.3, -0.25) is 0 Å². The fourth-order valence-electron chi connectivity index (χ4n) is 1.01. The summed E-state index contributed by atoms with van der Waals surface area (Å²) in [6, 6.07) is 4.18. The molecule has 0 nitrogen and oxygen atoms in total. The molecule has 54 valence electrons. The van der Waals surface area contributed by atoms with Crippen LogP contribution in [0.15, 0.2) is 12.1 Å². The minimum Gasteiger partial charge on any atom is -0.198 e. The van der Waals surface area contributed by atoms with Gasteiger partial charge < -0.3 is 0 Å². The summed E-state index contributed by atoms with van der Waals surface area (Å²) in [6.07, 6.45) is 0. The minimum atomic E-state index is 0. The second-order valence-corrected chi connectivity index (χ2v) is 2.79. The normalized spacial score (nSPS) is 9.00. The molecule has 0 atom stereocenters. The molecule has 0 saturated heterocycles. The number of rotatable bonds is 0. The van der Waals surface area contributed by atoms with Crippen molar-refractivity contribution in [2.75, 3.05) is 0 Å². The van der Waals surface area contributed by atoms with Crippen molar-refractivity contribution in [2.45, 2.75) is 20.8 Å². The molecule has 1 aromatic carbocycles. The summed E-state index contributed by atoms with van der Waals surface area (Å²) in [6.45, 7) is 10.3. The summed E-state index contributed by atoms with van der Waals surface area (Å²) < 4.78 is 0. The largest absolute Gasteiger partial charge is 3.00 e. The summed E-state index contributed by atoms with van der Waals surface area (Å²) in [5.74, 6) is 0. The van der Waals surface area contributed by atoms with E-state index in [9.17, 15) is 0 Å². The van der Waals surface area contributed by atoms with Crippen LogP contribution in [0.25, 0.3) is 0 Å².